The second kappa shape index (κ2) is 4.90. The molecule has 1 heterocycles. The van der Waals surface area contributed by atoms with Gasteiger partial charge in [0.1, 0.15) is 0 Å². The molecule has 0 saturated carbocycles. The maximum absolute atomic E-state index is 6.09. The lowest BCUT2D eigenvalue weighted by atomic mass is 10.3. The van der Waals surface area contributed by atoms with Crippen molar-refractivity contribution in [1.29, 1.82) is 0 Å². The Morgan fingerprint density at radius 3 is 2.87 bits per heavy atom. The van der Waals surface area contributed by atoms with E-state index in [4.69, 9.17) is 11.6 Å². The van der Waals surface area contributed by atoms with Crippen molar-refractivity contribution < 1.29 is 0 Å². The van der Waals surface area contributed by atoms with Gasteiger partial charge in [0.05, 0.1) is 17.3 Å². The third-order valence-corrected chi connectivity index (χ3v) is 3.05. The van der Waals surface area contributed by atoms with E-state index in [9.17, 15) is 0 Å². The number of H-pyrrole nitrogens is 1. The molecule has 4 heteroatoms. The van der Waals surface area contributed by atoms with Crippen LogP contribution in [-0.4, -0.2) is 4.98 Å². The molecule has 0 fully saturated rings. The minimum absolute atomic E-state index is 0.757. The quantitative estimate of drug-likeness (QED) is 0.820. The van der Waals surface area contributed by atoms with E-state index in [2.05, 4.69) is 32.9 Å². The lowest BCUT2D eigenvalue weighted by molar-refractivity contribution is 1.07. The van der Waals surface area contributed by atoms with Crippen molar-refractivity contribution in [3.8, 4) is 0 Å². The van der Waals surface area contributed by atoms with Crippen LogP contribution in [0.3, 0.4) is 0 Å². The average molecular weight is 333 g/mol. The summed E-state index contributed by atoms with van der Waals surface area (Å²) < 4.78 is 1.14. The van der Waals surface area contributed by atoms with Crippen molar-refractivity contribution in [3.63, 3.8) is 0 Å². The molecule has 0 aliphatic heterocycles. The number of rotatable bonds is 3. The van der Waals surface area contributed by atoms with E-state index < -0.39 is 0 Å². The molecular formula is C11H10ClIN2. The first-order chi connectivity index (χ1) is 7.25. The Morgan fingerprint density at radius 2 is 2.20 bits per heavy atom. The van der Waals surface area contributed by atoms with Crippen LogP contribution in [0.1, 0.15) is 5.69 Å². The van der Waals surface area contributed by atoms with Gasteiger partial charge in [-0.3, -0.25) is 0 Å². The summed E-state index contributed by atoms with van der Waals surface area (Å²) in [4.78, 5) is 3.13. The standard InChI is InChI=1S/C11H10ClIN2/c12-10-6-8(13)3-4-11(10)15-7-9-2-1-5-14-9/h1-6,14-15H,7H2. The zero-order valence-electron chi connectivity index (χ0n) is 7.93. The summed E-state index contributed by atoms with van der Waals surface area (Å²) in [5.74, 6) is 0. The fraction of sp³-hybridized carbons (Fsp3) is 0.0909. The zero-order chi connectivity index (χ0) is 10.7. The van der Waals surface area contributed by atoms with Gasteiger partial charge >= 0.3 is 0 Å². The molecule has 0 spiro atoms. The lowest BCUT2D eigenvalue weighted by Gasteiger charge is -2.07. The predicted molar refractivity (Wildman–Crippen MR) is 72.3 cm³/mol. The summed E-state index contributed by atoms with van der Waals surface area (Å²) in [5, 5.41) is 4.03. The number of aromatic nitrogens is 1. The summed E-state index contributed by atoms with van der Waals surface area (Å²) in [6, 6.07) is 9.98. The topological polar surface area (TPSA) is 27.8 Å². The fourth-order valence-corrected chi connectivity index (χ4v) is 2.22. The van der Waals surface area contributed by atoms with Crippen LogP contribution >= 0.6 is 34.2 Å². The Morgan fingerprint density at radius 1 is 1.33 bits per heavy atom. The van der Waals surface area contributed by atoms with Gasteiger partial charge in [0.25, 0.3) is 0 Å². The van der Waals surface area contributed by atoms with Gasteiger partial charge in [-0.05, 0) is 52.9 Å². The number of halogens is 2. The largest absolute Gasteiger partial charge is 0.378 e. The third-order valence-electron chi connectivity index (χ3n) is 2.06. The minimum atomic E-state index is 0.757. The minimum Gasteiger partial charge on any atom is -0.378 e. The number of hydrogen-bond donors (Lipinski definition) is 2. The van der Waals surface area contributed by atoms with E-state index in [0.29, 0.717) is 0 Å². The summed E-state index contributed by atoms with van der Waals surface area (Å²) in [6.45, 7) is 0.757. The molecule has 78 valence electrons. The van der Waals surface area contributed by atoms with Gasteiger partial charge in [0.15, 0.2) is 0 Å². The van der Waals surface area contributed by atoms with Crippen LogP contribution in [0.2, 0.25) is 5.02 Å². The molecule has 2 nitrogen and oxygen atoms in total. The average Bonchev–Trinajstić information content (AvgIpc) is 2.69. The number of hydrogen-bond acceptors (Lipinski definition) is 1. The van der Waals surface area contributed by atoms with Crippen LogP contribution in [-0.2, 0) is 6.54 Å². The molecule has 0 saturated heterocycles. The van der Waals surface area contributed by atoms with Crippen molar-refractivity contribution >= 4 is 39.9 Å². The first kappa shape index (κ1) is 10.8. The van der Waals surface area contributed by atoms with Gasteiger partial charge < -0.3 is 10.3 Å². The SMILES string of the molecule is Clc1cc(I)ccc1NCc1ccc[nH]1. The van der Waals surface area contributed by atoms with E-state index in [1.54, 1.807) is 0 Å². The molecule has 2 aromatic rings. The molecule has 2 N–H and O–H groups in total. The third kappa shape index (κ3) is 2.89. The molecule has 0 radical (unpaired) electrons. The molecule has 1 aromatic carbocycles. The fourth-order valence-electron chi connectivity index (χ4n) is 1.30. The second-order valence-corrected chi connectivity index (χ2v) is 4.83. The van der Waals surface area contributed by atoms with E-state index in [0.717, 1.165) is 26.5 Å². The van der Waals surface area contributed by atoms with Crippen molar-refractivity contribution in [3.05, 3.63) is 50.8 Å². The first-order valence-electron chi connectivity index (χ1n) is 4.57. The van der Waals surface area contributed by atoms with Crippen LogP contribution in [0, 0.1) is 3.57 Å². The monoisotopic (exact) mass is 332 g/mol. The Balaban J connectivity index is 2.05. The van der Waals surface area contributed by atoms with Crippen molar-refractivity contribution in [2.75, 3.05) is 5.32 Å². The Labute approximate surface area is 107 Å². The van der Waals surface area contributed by atoms with Crippen molar-refractivity contribution in [2.24, 2.45) is 0 Å². The van der Waals surface area contributed by atoms with Crippen LogP contribution in [0.15, 0.2) is 36.5 Å². The van der Waals surface area contributed by atoms with Crippen molar-refractivity contribution in [2.45, 2.75) is 6.54 Å². The molecule has 15 heavy (non-hydrogen) atoms. The highest BCUT2D eigenvalue weighted by Gasteiger charge is 2.00. The maximum Gasteiger partial charge on any atom is 0.0648 e. The molecular weight excluding hydrogens is 322 g/mol. The summed E-state index contributed by atoms with van der Waals surface area (Å²) >= 11 is 8.33. The van der Waals surface area contributed by atoms with Crippen LogP contribution < -0.4 is 5.32 Å². The Bertz CT molecular complexity index is 440. The molecule has 0 amide bonds. The molecule has 1 aromatic heterocycles. The van der Waals surface area contributed by atoms with Gasteiger partial charge in [-0.15, -0.1) is 0 Å². The molecule has 0 aliphatic rings. The predicted octanol–water partition coefficient (Wildman–Crippen LogP) is 3.88. The highest BCUT2D eigenvalue weighted by molar-refractivity contribution is 14.1. The normalized spacial score (nSPS) is 10.3. The molecule has 0 bridgehead atoms. The smallest absolute Gasteiger partial charge is 0.0648 e. The van der Waals surface area contributed by atoms with Gasteiger partial charge in [-0.1, -0.05) is 11.6 Å². The first-order valence-corrected chi connectivity index (χ1v) is 6.02. The van der Waals surface area contributed by atoms with Crippen LogP contribution in [0.25, 0.3) is 0 Å². The van der Waals surface area contributed by atoms with Crippen LogP contribution in [0.5, 0.6) is 0 Å². The van der Waals surface area contributed by atoms with Crippen LogP contribution in [0.4, 0.5) is 5.69 Å². The van der Waals surface area contributed by atoms with E-state index >= 15 is 0 Å². The summed E-state index contributed by atoms with van der Waals surface area (Å²) in [7, 11) is 0. The van der Waals surface area contributed by atoms with Gasteiger partial charge in [0, 0.05) is 15.5 Å². The highest BCUT2D eigenvalue weighted by Crippen LogP contribution is 2.24. The molecule has 2 rings (SSSR count). The molecule has 0 atom stereocenters. The van der Waals surface area contributed by atoms with E-state index in [-0.39, 0.29) is 0 Å². The maximum atomic E-state index is 6.09. The van der Waals surface area contributed by atoms with Gasteiger partial charge in [-0.2, -0.15) is 0 Å². The number of benzene rings is 1. The Hall–Kier alpha value is -0.680. The zero-order valence-corrected chi connectivity index (χ0v) is 10.8. The molecule has 0 aliphatic carbocycles. The number of nitrogens with one attached hydrogen (secondary N) is 2. The Kier molecular flexibility index (Phi) is 3.53. The van der Waals surface area contributed by atoms with E-state index in [1.165, 1.54) is 0 Å². The second-order valence-electron chi connectivity index (χ2n) is 3.17. The number of anilines is 1. The number of aromatic amines is 1. The summed E-state index contributed by atoms with van der Waals surface area (Å²) in [6.07, 6.45) is 1.91. The lowest BCUT2D eigenvalue weighted by Crippen LogP contribution is -2.00. The van der Waals surface area contributed by atoms with Crippen molar-refractivity contribution in [1.82, 2.24) is 4.98 Å². The summed E-state index contributed by atoms with van der Waals surface area (Å²) in [5.41, 5.74) is 2.11. The van der Waals surface area contributed by atoms with E-state index in [1.807, 2.05) is 36.5 Å². The highest BCUT2D eigenvalue weighted by atomic mass is 127. The molecule has 0 unspecified atom stereocenters. The van der Waals surface area contributed by atoms with Gasteiger partial charge in [0.2, 0.25) is 0 Å². The van der Waals surface area contributed by atoms with Gasteiger partial charge in [-0.25, -0.2) is 0 Å².